The first-order valence-electron chi connectivity index (χ1n) is 9.21. The highest BCUT2D eigenvalue weighted by Gasteiger charge is 2.15. The highest BCUT2D eigenvalue weighted by Crippen LogP contribution is 2.32. The molecular formula is C22H16N4O3S. The summed E-state index contributed by atoms with van der Waals surface area (Å²) < 4.78 is 16.3. The van der Waals surface area contributed by atoms with Gasteiger partial charge in [-0.05, 0) is 30.3 Å². The topological polar surface area (TPSA) is 87.1 Å². The molecule has 3 heterocycles. The molecule has 0 bridgehead atoms. The Bertz CT molecular complexity index is 1300. The molecule has 0 N–H and O–H groups in total. The zero-order valence-corrected chi connectivity index (χ0v) is 16.8. The van der Waals surface area contributed by atoms with E-state index in [1.54, 1.807) is 13.4 Å². The zero-order valence-electron chi connectivity index (χ0n) is 16.0. The van der Waals surface area contributed by atoms with Crippen molar-refractivity contribution >= 4 is 22.7 Å². The van der Waals surface area contributed by atoms with Crippen LogP contribution in [0.4, 0.5) is 0 Å². The fraction of sp³-hybridized carbons (Fsp3) is 0.0909. The van der Waals surface area contributed by atoms with E-state index in [0.29, 0.717) is 34.8 Å². The molecule has 0 saturated carbocycles. The number of ether oxygens (including phenoxy) is 1. The van der Waals surface area contributed by atoms with Crippen molar-refractivity contribution in [3.05, 3.63) is 72.8 Å². The third kappa shape index (κ3) is 3.53. The summed E-state index contributed by atoms with van der Waals surface area (Å²) in [5.41, 5.74) is 1.63. The molecule has 0 unspecified atom stereocenters. The van der Waals surface area contributed by atoms with Crippen LogP contribution in [0, 0.1) is 0 Å². The van der Waals surface area contributed by atoms with E-state index < -0.39 is 0 Å². The first-order chi connectivity index (χ1) is 14.8. The van der Waals surface area contributed by atoms with E-state index in [1.165, 1.54) is 11.8 Å². The van der Waals surface area contributed by atoms with Gasteiger partial charge in [0.05, 0.1) is 30.2 Å². The fourth-order valence-corrected chi connectivity index (χ4v) is 3.91. The minimum absolute atomic E-state index is 0.473. The van der Waals surface area contributed by atoms with Crippen LogP contribution in [0.15, 0.2) is 80.9 Å². The van der Waals surface area contributed by atoms with Gasteiger partial charge < -0.3 is 13.7 Å². The van der Waals surface area contributed by atoms with Crippen LogP contribution in [0.3, 0.4) is 0 Å². The largest absolute Gasteiger partial charge is 0.496 e. The normalized spacial score (nSPS) is 11.1. The molecule has 0 radical (unpaired) electrons. The lowest BCUT2D eigenvalue weighted by atomic mass is 10.2. The molecule has 0 spiro atoms. The molecule has 0 aliphatic rings. The predicted octanol–water partition coefficient (Wildman–Crippen LogP) is 5.24. The second kappa shape index (κ2) is 8.00. The van der Waals surface area contributed by atoms with E-state index in [9.17, 15) is 0 Å². The highest BCUT2D eigenvalue weighted by molar-refractivity contribution is 7.98. The number of hydrogen-bond donors (Lipinski definition) is 0. The molecule has 2 aromatic carbocycles. The van der Waals surface area contributed by atoms with Crippen LogP contribution in [-0.2, 0) is 5.75 Å². The predicted molar refractivity (Wildman–Crippen MR) is 113 cm³/mol. The number of thioether (sulfide) groups is 1. The maximum atomic E-state index is 5.47. The van der Waals surface area contributed by atoms with Gasteiger partial charge in [0.2, 0.25) is 11.7 Å². The summed E-state index contributed by atoms with van der Waals surface area (Å²) in [5.74, 6) is 3.33. The molecule has 5 rings (SSSR count). The molecule has 30 heavy (non-hydrogen) atoms. The van der Waals surface area contributed by atoms with Gasteiger partial charge in [0, 0.05) is 5.39 Å². The van der Waals surface area contributed by atoms with Gasteiger partial charge in [0.1, 0.15) is 10.8 Å². The Balaban J connectivity index is 1.44. The third-order valence-corrected chi connectivity index (χ3v) is 5.43. The Morgan fingerprint density at radius 3 is 2.63 bits per heavy atom. The van der Waals surface area contributed by atoms with Crippen molar-refractivity contribution in [1.82, 2.24) is 20.1 Å². The highest BCUT2D eigenvalue weighted by atomic mass is 32.2. The second-order valence-electron chi connectivity index (χ2n) is 6.35. The summed E-state index contributed by atoms with van der Waals surface area (Å²) in [6.45, 7) is 0. The first-order valence-corrected chi connectivity index (χ1v) is 10.2. The van der Waals surface area contributed by atoms with Crippen LogP contribution < -0.4 is 4.74 Å². The van der Waals surface area contributed by atoms with Gasteiger partial charge in [-0.15, -0.1) is 0 Å². The average Bonchev–Trinajstić information content (AvgIpc) is 3.50. The molecule has 3 aromatic heterocycles. The molecule has 0 aliphatic heterocycles. The van der Waals surface area contributed by atoms with Crippen LogP contribution >= 0.6 is 11.8 Å². The molecule has 0 aliphatic carbocycles. The van der Waals surface area contributed by atoms with Crippen LogP contribution in [0.5, 0.6) is 5.75 Å². The van der Waals surface area contributed by atoms with Gasteiger partial charge in [-0.3, -0.25) is 0 Å². The van der Waals surface area contributed by atoms with Gasteiger partial charge in [-0.1, -0.05) is 47.3 Å². The number of hydrogen-bond acceptors (Lipinski definition) is 8. The summed E-state index contributed by atoms with van der Waals surface area (Å²) >= 11 is 1.51. The van der Waals surface area contributed by atoms with E-state index in [4.69, 9.17) is 18.7 Å². The summed E-state index contributed by atoms with van der Waals surface area (Å²) in [5, 5.41) is 5.88. The summed E-state index contributed by atoms with van der Waals surface area (Å²) in [4.78, 5) is 13.8. The molecule has 0 atom stereocenters. The van der Waals surface area contributed by atoms with Crippen molar-refractivity contribution in [3.8, 4) is 28.7 Å². The number of aromatic nitrogens is 4. The third-order valence-electron chi connectivity index (χ3n) is 4.46. The number of nitrogens with zero attached hydrogens (tertiary/aromatic N) is 4. The van der Waals surface area contributed by atoms with E-state index in [2.05, 4.69) is 15.1 Å². The first kappa shape index (κ1) is 18.4. The Morgan fingerprint density at radius 1 is 0.900 bits per heavy atom. The quantitative estimate of drug-likeness (QED) is 0.274. The number of furan rings is 1. The van der Waals surface area contributed by atoms with Crippen LogP contribution in [0.2, 0.25) is 0 Å². The molecule has 5 aromatic rings. The molecule has 148 valence electrons. The van der Waals surface area contributed by atoms with Crippen molar-refractivity contribution in [3.63, 3.8) is 0 Å². The number of para-hydroxylation sites is 2. The Morgan fingerprint density at radius 2 is 1.77 bits per heavy atom. The van der Waals surface area contributed by atoms with E-state index in [-0.39, 0.29) is 0 Å². The molecule has 7 nitrogen and oxygen atoms in total. The van der Waals surface area contributed by atoms with Gasteiger partial charge >= 0.3 is 0 Å². The maximum Gasteiger partial charge on any atom is 0.237 e. The Labute approximate surface area is 176 Å². The Hall–Kier alpha value is -3.65. The Kier molecular flexibility index (Phi) is 4.90. The average molecular weight is 416 g/mol. The lowest BCUT2D eigenvalue weighted by Gasteiger charge is -2.06. The SMILES string of the molecule is COc1ccccc1-c1noc(CSc2nc(-c3ccco3)nc3ccccc23)n1. The molecular weight excluding hydrogens is 400 g/mol. The molecule has 0 amide bonds. The van der Waals surface area contributed by atoms with Crippen LogP contribution in [-0.4, -0.2) is 27.2 Å². The van der Waals surface area contributed by atoms with Gasteiger partial charge in [-0.2, -0.15) is 4.98 Å². The van der Waals surface area contributed by atoms with Crippen LogP contribution in [0.25, 0.3) is 33.9 Å². The van der Waals surface area contributed by atoms with Crippen molar-refractivity contribution in [2.45, 2.75) is 10.8 Å². The molecule has 0 fully saturated rings. The smallest absolute Gasteiger partial charge is 0.237 e. The summed E-state index contributed by atoms with van der Waals surface area (Å²) in [6, 6.07) is 19.1. The minimum Gasteiger partial charge on any atom is -0.496 e. The maximum absolute atomic E-state index is 5.47. The number of benzene rings is 2. The minimum atomic E-state index is 0.473. The van der Waals surface area contributed by atoms with Crippen LogP contribution in [0.1, 0.15) is 5.89 Å². The number of fused-ring (bicyclic) bond motifs is 1. The van der Waals surface area contributed by atoms with Crippen molar-refractivity contribution < 1.29 is 13.7 Å². The van der Waals surface area contributed by atoms with Gasteiger partial charge in [-0.25, -0.2) is 9.97 Å². The van der Waals surface area contributed by atoms with Gasteiger partial charge in [0.25, 0.3) is 0 Å². The van der Waals surface area contributed by atoms with E-state index >= 15 is 0 Å². The van der Waals surface area contributed by atoms with Gasteiger partial charge in [0.15, 0.2) is 11.6 Å². The number of rotatable bonds is 6. The van der Waals surface area contributed by atoms with Crippen molar-refractivity contribution in [2.24, 2.45) is 0 Å². The number of methoxy groups -OCH3 is 1. The molecule has 8 heteroatoms. The lowest BCUT2D eigenvalue weighted by molar-refractivity contribution is 0.390. The van der Waals surface area contributed by atoms with E-state index in [1.807, 2.05) is 60.7 Å². The summed E-state index contributed by atoms with van der Waals surface area (Å²) in [7, 11) is 1.62. The monoisotopic (exact) mass is 416 g/mol. The lowest BCUT2D eigenvalue weighted by Crippen LogP contribution is -1.93. The zero-order chi connectivity index (χ0) is 20.3. The van der Waals surface area contributed by atoms with Crippen molar-refractivity contribution in [1.29, 1.82) is 0 Å². The second-order valence-corrected chi connectivity index (χ2v) is 7.31. The van der Waals surface area contributed by atoms with Crippen molar-refractivity contribution in [2.75, 3.05) is 7.11 Å². The molecule has 0 saturated heterocycles. The summed E-state index contributed by atoms with van der Waals surface area (Å²) in [6.07, 6.45) is 1.61. The fourth-order valence-electron chi connectivity index (χ4n) is 3.06. The van der Waals surface area contributed by atoms with E-state index in [0.717, 1.165) is 21.5 Å². The standard InChI is InChI=1S/C22H16N4O3S/c1-27-17-10-5-3-8-15(17)20-24-19(29-26-20)13-30-22-14-7-2-4-9-16(14)23-21(25-22)18-11-6-12-28-18/h2-12H,13H2,1H3.